The van der Waals surface area contributed by atoms with Crippen LogP contribution >= 0.6 is 0 Å². The van der Waals surface area contributed by atoms with Gasteiger partial charge in [0.25, 0.3) is 0 Å². The smallest absolute Gasteiger partial charge is 0.379 e. The van der Waals surface area contributed by atoms with Crippen LogP contribution in [-0.2, 0) is 63.2 Å². The van der Waals surface area contributed by atoms with Crippen molar-refractivity contribution in [2.24, 2.45) is 5.92 Å². The molecule has 3 atom stereocenters. The minimum Gasteiger partial charge on any atom is -0.379 e. The molecule has 4 amide bonds. The van der Waals surface area contributed by atoms with E-state index in [9.17, 15) is 32.3 Å². The van der Waals surface area contributed by atoms with E-state index < -0.39 is 23.7 Å². The zero-order valence-electron chi connectivity index (χ0n) is 38.4. The summed E-state index contributed by atoms with van der Waals surface area (Å²) in [5, 5.41) is 8.78. The summed E-state index contributed by atoms with van der Waals surface area (Å²) in [4.78, 5) is 65.7. The van der Waals surface area contributed by atoms with Crippen LogP contribution in [0.1, 0.15) is 36.4 Å². The molecule has 2 aliphatic heterocycles. The number of amides is 4. The quantitative estimate of drug-likeness (QED) is 0.0729. The van der Waals surface area contributed by atoms with Crippen LogP contribution in [0.25, 0.3) is 10.9 Å². The number of rotatable bonds is 34. The first-order valence-corrected chi connectivity index (χ1v) is 22.7. The van der Waals surface area contributed by atoms with E-state index in [1.54, 1.807) is 35.3 Å². The lowest BCUT2D eigenvalue weighted by atomic mass is 9.94. The third-order valence-electron chi connectivity index (χ3n) is 10.8. The summed E-state index contributed by atoms with van der Waals surface area (Å²) in [5.74, 6) is -1.04. The normalized spacial score (nSPS) is 17.4. The lowest BCUT2D eigenvalue weighted by Crippen LogP contribution is -2.39. The molecule has 20 nitrogen and oxygen atoms in total. The second-order valence-corrected chi connectivity index (χ2v) is 15.6. The van der Waals surface area contributed by atoms with Crippen LogP contribution in [0.15, 0.2) is 49.1 Å². The van der Waals surface area contributed by atoms with Gasteiger partial charge in [-0.1, -0.05) is 6.07 Å². The largest absolute Gasteiger partial charge is 0.416 e. The number of pyridine rings is 1. The van der Waals surface area contributed by atoms with Crippen LogP contribution in [0.2, 0.25) is 0 Å². The first-order valence-electron chi connectivity index (χ1n) is 22.7. The highest BCUT2D eigenvalue weighted by Crippen LogP contribution is 2.37. The summed E-state index contributed by atoms with van der Waals surface area (Å²) in [5.41, 5.74) is 0.325. The number of hydrogen-bond acceptors (Lipinski definition) is 16. The summed E-state index contributed by atoms with van der Waals surface area (Å²) in [6, 6.07) is 5.85. The third-order valence-corrected chi connectivity index (χ3v) is 10.8. The van der Waals surface area contributed by atoms with Gasteiger partial charge in [0.2, 0.25) is 23.6 Å². The molecule has 0 aliphatic carbocycles. The molecule has 2 aliphatic rings. The van der Waals surface area contributed by atoms with Gasteiger partial charge in [0.05, 0.1) is 129 Å². The zero-order valence-corrected chi connectivity index (χ0v) is 38.4. The molecule has 2 fully saturated rings. The number of ether oxygens (including phenoxy) is 8. The fourth-order valence-corrected chi connectivity index (χ4v) is 7.32. The number of nitrogens with zero attached hydrogens (tertiary/aromatic N) is 5. The highest BCUT2D eigenvalue weighted by Gasteiger charge is 2.42. The lowest BCUT2D eigenvalue weighted by molar-refractivity contribution is -0.137. The summed E-state index contributed by atoms with van der Waals surface area (Å²) in [6.07, 6.45) is 0.774. The molecule has 4 heterocycles. The zero-order chi connectivity index (χ0) is 48.4. The molecule has 376 valence electrons. The molecule has 0 saturated carbocycles. The maximum Gasteiger partial charge on any atom is 0.416 e. The molecule has 2 aromatic heterocycles. The van der Waals surface area contributed by atoms with Crippen molar-refractivity contribution in [1.29, 1.82) is 0 Å². The lowest BCUT2D eigenvalue weighted by Gasteiger charge is -2.24. The SMILES string of the molecule is CN1C(=O)C[C@H](C(=O)NCCOCCOCCOCCOCCOCCOCCOCCOCCC(=O)NCCN2CC[C@H](Nc3ncnc4ccc(C(F)(F)F)cc34)C2=O)[C@H]1c1cccnc1. The molecule has 0 bridgehead atoms. The first kappa shape index (κ1) is 53.8. The second-order valence-electron chi connectivity index (χ2n) is 15.6. The summed E-state index contributed by atoms with van der Waals surface area (Å²) in [6.45, 7) is 7.38. The van der Waals surface area contributed by atoms with Crippen LogP contribution in [0.3, 0.4) is 0 Å². The summed E-state index contributed by atoms with van der Waals surface area (Å²) >= 11 is 0. The number of aromatic nitrogens is 3. The van der Waals surface area contributed by atoms with Gasteiger partial charge in [-0.15, -0.1) is 0 Å². The van der Waals surface area contributed by atoms with E-state index in [2.05, 4.69) is 30.9 Å². The number of anilines is 1. The van der Waals surface area contributed by atoms with E-state index in [-0.39, 0.29) is 73.4 Å². The molecule has 3 aromatic rings. The molecular formula is C45H63F3N8O12. The van der Waals surface area contributed by atoms with Crippen LogP contribution in [0.4, 0.5) is 19.0 Å². The molecule has 0 spiro atoms. The summed E-state index contributed by atoms with van der Waals surface area (Å²) in [7, 11) is 1.71. The Hall–Kier alpha value is -5.14. The molecular weight excluding hydrogens is 902 g/mol. The fourth-order valence-electron chi connectivity index (χ4n) is 7.32. The van der Waals surface area contributed by atoms with E-state index >= 15 is 0 Å². The summed E-state index contributed by atoms with van der Waals surface area (Å²) < 4.78 is 83.8. The Morgan fingerprint density at radius 3 is 1.91 bits per heavy atom. The number of fused-ring (bicyclic) bond motifs is 1. The molecule has 0 radical (unpaired) electrons. The number of alkyl halides is 3. The molecule has 3 N–H and O–H groups in total. The van der Waals surface area contributed by atoms with Gasteiger partial charge in [-0.05, 0) is 36.2 Å². The van der Waals surface area contributed by atoms with Crippen LogP contribution in [0.5, 0.6) is 0 Å². The maximum absolute atomic E-state index is 13.3. The predicted molar refractivity (Wildman–Crippen MR) is 238 cm³/mol. The van der Waals surface area contributed by atoms with Crippen LogP contribution in [0, 0.1) is 5.92 Å². The van der Waals surface area contributed by atoms with Crippen molar-refractivity contribution in [3.8, 4) is 0 Å². The van der Waals surface area contributed by atoms with Gasteiger partial charge in [-0.25, -0.2) is 9.97 Å². The average molecular weight is 965 g/mol. The Kier molecular flexibility index (Phi) is 23.5. The Morgan fingerprint density at radius 1 is 0.750 bits per heavy atom. The standard InChI is InChI=1S/C45H63F3N8O12/c1-55-40(58)30-36(41(55)33-3-2-8-49-31-33)43(59)51-10-14-62-16-18-64-20-22-66-24-26-68-28-27-67-25-23-65-21-19-63-17-15-61-13-7-39(57)50-9-12-56-11-6-38(44(56)60)54-42-35-29-34(45(46,47)48)4-5-37(35)52-32-53-42/h2-5,8,29,31-32,36,38,41H,6-7,9-28,30H2,1H3,(H,50,57)(H,51,59)(H,52,53,54)/t36-,38-,41+/m0/s1. The minimum absolute atomic E-state index is 0.0726. The van der Waals surface area contributed by atoms with Crippen molar-refractivity contribution < 1.29 is 70.2 Å². The van der Waals surface area contributed by atoms with Crippen molar-refractivity contribution in [2.45, 2.75) is 37.5 Å². The molecule has 1 aromatic carbocycles. The number of likely N-dealkylation sites (tertiary alicyclic amines) is 2. The number of hydrogen-bond donors (Lipinski definition) is 3. The third kappa shape index (κ3) is 18.4. The highest BCUT2D eigenvalue weighted by atomic mass is 19.4. The topological polar surface area (TPSA) is 223 Å². The van der Waals surface area contributed by atoms with Gasteiger partial charge in [0.1, 0.15) is 18.2 Å². The first-order chi connectivity index (χ1) is 33.0. The number of carbonyl (C=O) groups is 4. The van der Waals surface area contributed by atoms with Crippen molar-refractivity contribution >= 4 is 40.3 Å². The van der Waals surface area contributed by atoms with E-state index in [1.807, 2.05) is 6.07 Å². The predicted octanol–water partition coefficient (Wildman–Crippen LogP) is 2.03. The van der Waals surface area contributed by atoms with Gasteiger partial charge in [0.15, 0.2) is 0 Å². The van der Waals surface area contributed by atoms with E-state index in [1.165, 1.54) is 12.4 Å². The van der Waals surface area contributed by atoms with Crippen molar-refractivity contribution in [2.75, 3.05) is 144 Å². The van der Waals surface area contributed by atoms with Gasteiger partial charge < -0.3 is 63.6 Å². The molecule has 23 heteroatoms. The van der Waals surface area contributed by atoms with E-state index in [0.29, 0.717) is 124 Å². The molecule has 0 unspecified atom stereocenters. The Labute approximate surface area is 393 Å². The van der Waals surface area contributed by atoms with Crippen molar-refractivity contribution in [3.05, 3.63) is 60.2 Å². The molecule has 5 rings (SSSR count). The van der Waals surface area contributed by atoms with Gasteiger partial charge in [0, 0.05) is 63.8 Å². The number of benzene rings is 1. The van der Waals surface area contributed by atoms with Crippen LogP contribution < -0.4 is 16.0 Å². The van der Waals surface area contributed by atoms with Crippen LogP contribution in [-0.4, -0.2) is 193 Å². The monoisotopic (exact) mass is 964 g/mol. The fraction of sp³-hybridized carbons (Fsp3) is 0.622. The Morgan fingerprint density at radius 2 is 1.34 bits per heavy atom. The van der Waals surface area contributed by atoms with Crippen molar-refractivity contribution in [3.63, 3.8) is 0 Å². The van der Waals surface area contributed by atoms with E-state index in [0.717, 1.165) is 17.7 Å². The van der Waals surface area contributed by atoms with E-state index in [4.69, 9.17) is 37.9 Å². The Balaban J connectivity index is 0.723. The second kappa shape index (κ2) is 29.7. The number of nitrogens with one attached hydrogen (secondary N) is 3. The maximum atomic E-state index is 13.3. The van der Waals surface area contributed by atoms with Gasteiger partial charge in [-0.2, -0.15) is 13.2 Å². The molecule has 2 saturated heterocycles. The number of carbonyl (C=O) groups excluding carboxylic acids is 4. The molecule has 68 heavy (non-hydrogen) atoms. The Bertz CT molecular complexity index is 1990. The van der Waals surface area contributed by atoms with Gasteiger partial charge in [-0.3, -0.25) is 24.2 Å². The average Bonchev–Trinajstić information content (AvgIpc) is 3.83. The van der Waals surface area contributed by atoms with Gasteiger partial charge >= 0.3 is 6.18 Å². The van der Waals surface area contributed by atoms with Crippen molar-refractivity contribution in [1.82, 2.24) is 35.4 Å². The highest BCUT2D eigenvalue weighted by molar-refractivity contribution is 5.93. The number of halogens is 3. The minimum atomic E-state index is -4.53.